The summed E-state index contributed by atoms with van der Waals surface area (Å²) in [5.74, 6) is -6.44. The van der Waals surface area contributed by atoms with Crippen LogP contribution in [0.3, 0.4) is 0 Å². The third-order valence-electron chi connectivity index (χ3n) is 10.0. The molecular weight excluding hydrogens is 711 g/mol. The quantitative estimate of drug-likeness (QED) is 0.109. The van der Waals surface area contributed by atoms with Crippen molar-refractivity contribution in [3.05, 3.63) is 32.9 Å². The Morgan fingerprint density at radius 2 is 1.37 bits per heavy atom. The maximum absolute atomic E-state index is 14.0. The number of benzene rings is 1. The summed E-state index contributed by atoms with van der Waals surface area (Å²) in [5.41, 5.74) is 1.53. The zero-order valence-electron chi connectivity index (χ0n) is 25.7. The van der Waals surface area contributed by atoms with E-state index in [1.54, 1.807) is 12.1 Å². The first kappa shape index (κ1) is 33.9. The molecule has 248 valence electrons. The molecule has 3 fully saturated rings. The van der Waals surface area contributed by atoms with Crippen LogP contribution < -0.4 is 4.74 Å². The zero-order chi connectivity index (χ0) is 33.3. The molecule has 2 aliphatic carbocycles. The van der Waals surface area contributed by atoms with Crippen molar-refractivity contribution in [2.45, 2.75) is 70.1 Å². The van der Waals surface area contributed by atoms with Gasteiger partial charge in [0.1, 0.15) is 0 Å². The highest BCUT2D eigenvalue weighted by Crippen LogP contribution is 2.58. The number of hydrogen-bond acceptors (Lipinski definition) is 8. The van der Waals surface area contributed by atoms with Gasteiger partial charge in [-0.15, -0.1) is 0 Å². The fraction of sp³-hybridized carbons (Fsp3) is 0.576. The zero-order valence-corrected chi connectivity index (χ0v) is 27.8. The number of rotatable bonds is 14. The van der Waals surface area contributed by atoms with Crippen LogP contribution in [0.15, 0.2) is 23.8 Å². The Bertz CT molecular complexity index is 1470. The Hall–Kier alpha value is -3.49. The predicted octanol–water partition coefficient (Wildman–Crippen LogP) is 3.93. The number of halogens is 1. The van der Waals surface area contributed by atoms with Gasteiger partial charge in [0.2, 0.25) is 23.6 Å². The van der Waals surface area contributed by atoms with E-state index in [-0.39, 0.29) is 67.5 Å². The number of amides is 4. The Labute approximate surface area is 280 Å². The molecule has 13 heteroatoms. The van der Waals surface area contributed by atoms with E-state index in [1.165, 1.54) is 16.9 Å². The molecule has 5 rings (SSSR count). The second kappa shape index (κ2) is 14.1. The van der Waals surface area contributed by atoms with E-state index < -0.39 is 47.4 Å². The van der Waals surface area contributed by atoms with Crippen molar-refractivity contribution in [1.82, 2.24) is 9.80 Å². The lowest BCUT2D eigenvalue weighted by Gasteiger charge is -2.44. The maximum Gasteiger partial charge on any atom is 0.303 e. The number of imide groups is 2. The molecule has 0 aromatic heterocycles. The molecule has 4 aliphatic rings. The Balaban J connectivity index is 1.45. The van der Waals surface area contributed by atoms with Crippen LogP contribution in [0.1, 0.15) is 75.7 Å². The molecule has 46 heavy (non-hydrogen) atoms. The van der Waals surface area contributed by atoms with Gasteiger partial charge in [0, 0.05) is 31.8 Å². The fourth-order valence-corrected chi connectivity index (χ4v) is 8.53. The summed E-state index contributed by atoms with van der Waals surface area (Å²) in [6.45, 7) is 0.387. The van der Waals surface area contributed by atoms with Crippen LogP contribution >= 0.6 is 22.6 Å². The van der Waals surface area contributed by atoms with E-state index >= 15 is 0 Å². The number of hydrogen-bond donors (Lipinski definition) is 3. The van der Waals surface area contributed by atoms with Gasteiger partial charge in [0.25, 0.3) is 0 Å². The molecular formula is C33H39IN2O10. The van der Waals surface area contributed by atoms with Gasteiger partial charge in [-0.1, -0.05) is 24.5 Å². The minimum Gasteiger partial charge on any atom is -0.504 e. The van der Waals surface area contributed by atoms with Crippen LogP contribution in [0, 0.1) is 33.2 Å². The summed E-state index contributed by atoms with van der Waals surface area (Å²) in [5, 5.41) is 28.4. The van der Waals surface area contributed by atoms with Crippen LogP contribution in [0.2, 0.25) is 0 Å². The number of phenolic OH excluding ortho intramolecular Hbond substituents is 1. The van der Waals surface area contributed by atoms with Gasteiger partial charge >= 0.3 is 11.9 Å². The standard InChI is InChI=1S/C33H39IN2O10/c1-46-23-15-17(14-22(34)29(23)41)26-18-10-11-19-27(32(44)35(30(19)42)12-6-2-4-8-24(37)38)20(18)16-21-28(26)33(45)36(31(21)43)13-7-3-5-9-25(39)40/h10,14-15,19-21,26-28,41H,2-9,11-13,16H2,1H3,(H,37,38)(H,39,40). The topological polar surface area (TPSA) is 179 Å². The molecule has 0 spiro atoms. The largest absolute Gasteiger partial charge is 0.504 e. The first-order chi connectivity index (χ1) is 22.0. The number of aromatic hydroxyl groups is 1. The number of carboxylic acids is 2. The summed E-state index contributed by atoms with van der Waals surface area (Å²) < 4.78 is 5.94. The summed E-state index contributed by atoms with van der Waals surface area (Å²) in [6, 6.07) is 3.44. The summed E-state index contributed by atoms with van der Waals surface area (Å²) in [6.07, 6.45) is 5.59. The van der Waals surface area contributed by atoms with Gasteiger partial charge in [-0.2, -0.15) is 0 Å². The van der Waals surface area contributed by atoms with Crippen molar-refractivity contribution in [2.24, 2.45) is 29.6 Å². The summed E-state index contributed by atoms with van der Waals surface area (Å²) in [7, 11) is 1.43. The molecule has 3 N–H and O–H groups in total. The number of allylic oxidation sites excluding steroid dienone is 2. The Morgan fingerprint density at radius 3 is 1.93 bits per heavy atom. The second-order valence-corrected chi connectivity index (χ2v) is 13.8. The van der Waals surface area contributed by atoms with Crippen molar-refractivity contribution in [3.8, 4) is 11.5 Å². The van der Waals surface area contributed by atoms with Gasteiger partial charge in [-0.25, -0.2) is 0 Å². The normalized spacial score (nSPS) is 27.0. The number of carboxylic acid groups (broad SMARTS) is 2. The number of phenols is 1. The molecule has 2 aliphatic heterocycles. The van der Waals surface area contributed by atoms with E-state index in [0.717, 1.165) is 5.57 Å². The lowest BCUT2D eigenvalue weighted by atomic mass is 9.57. The van der Waals surface area contributed by atoms with Crippen LogP contribution in [0.25, 0.3) is 0 Å². The van der Waals surface area contributed by atoms with Crippen molar-refractivity contribution in [2.75, 3.05) is 20.2 Å². The molecule has 6 atom stereocenters. The molecule has 1 saturated carbocycles. The minimum absolute atomic E-state index is 0.0149. The molecule has 2 heterocycles. The highest BCUT2D eigenvalue weighted by molar-refractivity contribution is 14.1. The lowest BCUT2D eigenvalue weighted by Crippen LogP contribution is -2.43. The number of carbonyl (C=O) groups excluding carboxylic acids is 4. The van der Waals surface area contributed by atoms with E-state index in [2.05, 4.69) is 0 Å². The molecule has 0 radical (unpaired) electrons. The van der Waals surface area contributed by atoms with Crippen molar-refractivity contribution in [3.63, 3.8) is 0 Å². The Kier molecular flexibility index (Phi) is 10.4. The molecule has 6 unspecified atom stereocenters. The molecule has 12 nitrogen and oxygen atoms in total. The fourth-order valence-electron chi connectivity index (χ4n) is 7.91. The number of fused-ring (bicyclic) bond motifs is 4. The van der Waals surface area contributed by atoms with E-state index in [9.17, 15) is 33.9 Å². The van der Waals surface area contributed by atoms with E-state index in [1.807, 2.05) is 28.7 Å². The second-order valence-electron chi connectivity index (χ2n) is 12.6. The van der Waals surface area contributed by atoms with Crippen molar-refractivity contribution < 1.29 is 48.8 Å². The van der Waals surface area contributed by atoms with Gasteiger partial charge in [0.15, 0.2) is 11.5 Å². The predicted molar refractivity (Wildman–Crippen MR) is 171 cm³/mol. The average Bonchev–Trinajstić information content (AvgIpc) is 3.40. The van der Waals surface area contributed by atoms with Gasteiger partial charge in [-0.3, -0.25) is 38.6 Å². The third-order valence-corrected chi connectivity index (χ3v) is 10.8. The number of likely N-dealkylation sites (tertiary alicyclic amines) is 2. The smallest absolute Gasteiger partial charge is 0.303 e. The van der Waals surface area contributed by atoms with Crippen molar-refractivity contribution >= 4 is 58.2 Å². The SMILES string of the molecule is COc1cc(C2C3=CCC4C(=O)N(CCCCCC(=O)O)C(=O)C4C3CC3C(=O)N(CCCCCC(=O)O)C(=O)C32)cc(I)c1O. The average molecular weight is 751 g/mol. The molecule has 4 amide bonds. The lowest BCUT2D eigenvalue weighted by molar-refractivity contribution is -0.142. The summed E-state index contributed by atoms with van der Waals surface area (Å²) in [4.78, 5) is 79.7. The molecule has 0 bridgehead atoms. The number of aliphatic carboxylic acids is 2. The Morgan fingerprint density at radius 1 is 0.804 bits per heavy atom. The molecule has 1 aromatic rings. The van der Waals surface area contributed by atoms with Crippen LogP contribution in [0.4, 0.5) is 0 Å². The highest BCUT2D eigenvalue weighted by atomic mass is 127. The monoisotopic (exact) mass is 750 g/mol. The number of carbonyl (C=O) groups is 6. The van der Waals surface area contributed by atoms with E-state index in [4.69, 9.17) is 14.9 Å². The third kappa shape index (κ3) is 6.39. The number of ether oxygens (including phenoxy) is 1. The number of nitrogens with zero attached hydrogens (tertiary/aromatic N) is 2. The highest BCUT2D eigenvalue weighted by Gasteiger charge is 2.61. The van der Waals surface area contributed by atoms with Crippen LogP contribution in [-0.2, 0) is 28.8 Å². The van der Waals surface area contributed by atoms with Crippen molar-refractivity contribution in [1.29, 1.82) is 0 Å². The van der Waals surface area contributed by atoms with Gasteiger partial charge in [0.05, 0.1) is 34.4 Å². The number of unbranched alkanes of at least 4 members (excludes halogenated alkanes) is 4. The van der Waals surface area contributed by atoms with Crippen LogP contribution in [0.5, 0.6) is 11.5 Å². The maximum atomic E-state index is 14.0. The summed E-state index contributed by atoms with van der Waals surface area (Å²) >= 11 is 1.99. The molecule has 1 aromatic carbocycles. The first-order valence-corrected chi connectivity index (χ1v) is 16.9. The minimum atomic E-state index is -0.896. The van der Waals surface area contributed by atoms with Crippen LogP contribution in [-0.4, -0.2) is 80.9 Å². The van der Waals surface area contributed by atoms with E-state index in [0.29, 0.717) is 54.1 Å². The van der Waals surface area contributed by atoms with Gasteiger partial charge in [-0.05, 0) is 84.7 Å². The van der Waals surface area contributed by atoms with Gasteiger partial charge < -0.3 is 20.1 Å². The molecule has 2 saturated heterocycles. The number of methoxy groups -OCH3 is 1. The first-order valence-electron chi connectivity index (χ1n) is 15.9.